The second kappa shape index (κ2) is 9.73. The minimum Gasteiger partial charge on any atom is -0.497 e. The number of likely N-dealkylation sites (tertiary alicyclic amines) is 1. The first-order chi connectivity index (χ1) is 16.6. The fraction of sp³-hybridized carbons (Fsp3) is 0.385. The van der Waals surface area contributed by atoms with Crippen LogP contribution in [0, 0.1) is 6.92 Å². The van der Waals surface area contributed by atoms with Crippen molar-refractivity contribution in [2.75, 3.05) is 27.2 Å². The molecule has 0 spiro atoms. The van der Waals surface area contributed by atoms with Crippen LogP contribution in [0.25, 0.3) is 10.9 Å². The first-order valence-corrected chi connectivity index (χ1v) is 11.4. The third-order valence-corrected chi connectivity index (χ3v) is 6.32. The number of nitrogens with zero attached hydrogens (tertiary/aromatic N) is 2. The van der Waals surface area contributed by atoms with Gasteiger partial charge in [0.25, 0.3) is 5.91 Å². The van der Waals surface area contributed by atoms with Crippen molar-refractivity contribution in [2.24, 2.45) is 0 Å². The number of nitrogens with one attached hydrogen (secondary N) is 1. The van der Waals surface area contributed by atoms with Crippen LogP contribution in [0.1, 0.15) is 40.7 Å². The smallest absolute Gasteiger partial charge is 0.497 e. The van der Waals surface area contributed by atoms with Gasteiger partial charge in [-0.3, -0.25) is 9.78 Å². The van der Waals surface area contributed by atoms with Gasteiger partial charge in [-0.05, 0) is 81.7 Å². The molecule has 1 amide bonds. The number of hydrogen-bond donors (Lipinski definition) is 1. The maximum atomic E-state index is 13.0. The highest BCUT2D eigenvalue weighted by atomic mass is 19.4. The number of amides is 1. The van der Waals surface area contributed by atoms with Crippen LogP contribution in [0.3, 0.4) is 0 Å². The number of ether oxygens (including phenoxy) is 2. The minimum absolute atomic E-state index is 0.317. The summed E-state index contributed by atoms with van der Waals surface area (Å²) in [5.74, 6) is -0.129. The van der Waals surface area contributed by atoms with Crippen molar-refractivity contribution in [1.29, 1.82) is 0 Å². The van der Waals surface area contributed by atoms with Gasteiger partial charge in [-0.25, -0.2) is 0 Å². The lowest BCUT2D eigenvalue weighted by molar-refractivity contribution is -0.274. The highest BCUT2D eigenvalue weighted by Gasteiger charge is 2.47. The van der Waals surface area contributed by atoms with Crippen molar-refractivity contribution in [3.8, 4) is 11.5 Å². The predicted molar refractivity (Wildman–Crippen MR) is 127 cm³/mol. The topological polar surface area (TPSA) is 63.7 Å². The van der Waals surface area contributed by atoms with E-state index >= 15 is 0 Å². The molecule has 5 rings (SSSR count). The number of alkyl halides is 3. The Balaban J connectivity index is 0.000000514. The Kier molecular flexibility index (Phi) is 6.89. The Morgan fingerprint density at radius 3 is 2.40 bits per heavy atom. The predicted octanol–water partition coefficient (Wildman–Crippen LogP) is 5.19. The van der Waals surface area contributed by atoms with E-state index in [1.165, 1.54) is 44.9 Å². The van der Waals surface area contributed by atoms with Gasteiger partial charge < -0.3 is 19.7 Å². The minimum atomic E-state index is -4.82. The number of benzene rings is 2. The molecule has 1 saturated carbocycles. The lowest BCUT2D eigenvalue weighted by Crippen LogP contribution is -2.35. The molecule has 1 aromatic heterocycles. The molecule has 0 atom stereocenters. The number of aromatic nitrogens is 1. The van der Waals surface area contributed by atoms with Gasteiger partial charge in [0, 0.05) is 23.2 Å². The van der Waals surface area contributed by atoms with Crippen LogP contribution in [0.15, 0.2) is 48.7 Å². The highest BCUT2D eigenvalue weighted by molar-refractivity contribution is 5.97. The quantitative estimate of drug-likeness (QED) is 0.537. The van der Waals surface area contributed by atoms with Crippen LogP contribution in [-0.2, 0) is 5.54 Å². The number of carbonyl (C=O) groups is 1. The molecule has 0 radical (unpaired) electrons. The summed E-state index contributed by atoms with van der Waals surface area (Å²) in [6.07, 6.45) is -0.711. The van der Waals surface area contributed by atoms with E-state index in [-0.39, 0.29) is 11.7 Å². The molecule has 3 aromatic rings. The summed E-state index contributed by atoms with van der Waals surface area (Å²) < 4.78 is 47.8. The van der Waals surface area contributed by atoms with Crippen molar-refractivity contribution in [1.82, 2.24) is 15.2 Å². The molecule has 2 aromatic carbocycles. The molecule has 1 N–H and O–H groups in total. The van der Waals surface area contributed by atoms with Crippen LogP contribution in [0.4, 0.5) is 13.2 Å². The Bertz CT molecular complexity index is 1220. The summed E-state index contributed by atoms with van der Waals surface area (Å²) in [4.78, 5) is 19.5. The van der Waals surface area contributed by atoms with Crippen LogP contribution < -0.4 is 14.8 Å². The van der Waals surface area contributed by atoms with Crippen molar-refractivity contribution in [2.45, 2.75) is 38.1 Å². The Morgan fingerprint density at radius 2 is 1.83 bits per heavy atom. The number of fused-ring (bicyclic) bond motifs is 1. The molecule has 2 aliphatic rings. The lowest BCUT2D eigenvalue weighted by atomic mass is 9.97. The third-order valence-electron chi connectivity index (χ3n) is 6.32. The van der Waals surface area contributed by atoms with Gasteiger partial charge in [-0.1, -0.05) is 12.1 Å². The SMILES string of the molecule is CN1CCC1.COc1ccc(C)c(C(=O)NC2(c3cc(OC(F)(F)F)cc4ncccc34)CC2)c1. The molecule has 0 unspecified atom stereocenters. The highest BCUT2D eigenvalue weighted by Crippen LogP contribution is 2.49. The summed E-state index contributed by atoms with van der Waals surface area (Å²) in [6, 6.07) is 11.3. The average molecular weight is 488 g/mol. The molecule has 0 bridgehead atoms. The first-order valence-electron chi connectivity index (χ1n) is 11.4. The van der Waals surface area contributed by atoms with Crippen molar-refractivity contribution in [3.05, 3.63) is 65.4 Å². The van der Waals surface area contributed by atoms with Gasteiger partial charge in [-0.2, -0.15) is 0 Å². The van der Waals surface area contributed by atoms with Crippen LogP contribution >= 0.6 is 0 Å². The Morgan fingerprint density at radius 1 is 1.11 bits per heavy atom. The summed E-state index contributed by atoms with van der Waals surface area (Å²) in [6.45, 7) is 4.45. The first kappa shape index (κ1) is 24.8. The summed E-state index contributed by atoms with van der Waals surface area (Å²) in [7, 11) is 3.66. The fourth-order valence-corrected chi connectivity index (χ4v) is 4.06. The molecule has 6 nitrogen and oxygen atoms in total. The van der Waals surface area contributed by atoms with E-state index in [0.29, 0.717) is 40.6 Å². The molecule has 35 heavy (non-hydrogen) atoms. The molecule has 1 saturated heterocycles. The molecule has 2 fully saturated rings. The normalized spacial score (nSPS) is 16.5. The zero-order valence-corrected chi connectivity index (χ0v) is 19.9. The van der Waals surface area contributed by atoms with E-state index in [0.717, 1.165) is 5.56 Å². The number of halogens is 3. The van der Waals surface area contributed by atoms with E-state index in [4.69, 9.17) is 4.74 Å². The molecular weight excluding hydrogens is 459 g/mol. The largest absolute Gasteiger partial charge is 0.573 e. The van der Waals surface area contributed by atoms with E-state index < -0.39 is 11.9 Å². The van der Waals surface area contributed by atoms with Crippen molar-refractivity contribution in [3.63, 3.8) is 0 Å². The van der Waals surface area contributed by atoms with Crippen LogP contribution in [0.5, 0.6) is 11.5 Å². The zero-order valence-electron chi connectivity index (χ0n) is 19.9. The third kappa shape index (κ3) is 5.85. The Hall–Kier alpha value is -3.33. The Labute approximate surface area is 202 Å². The number of aryl methyl sites for hydroxylation is 1. The fourth-order valence-electron chi connectivity index (χ4n) is 4.06. The van der Waals surface area contributed by atoms with E-state index in [2.05, 4.69) is 27.0 Å². The molecular formula is C26H28F3N3O3. The van der Waals surface area contributed by atoms with Gasteiger partial charge in [-0.15, -0.1) is 13.2 Å². The van der Waals surface area contributed by atoms with E-state index in [1.54, 1.807) is 30.3 Å². The standard InChI is InChI=1S/C22H19F3N2O3.C4H9N/c1-13-5-6-14(29-2)10-17(13)20(28)27-21(7-8-21)18-11-15(30-22(23,24)25)12-19-16(18)4-3-9-26-19;1-5-3-2-4-5/h3-6,9-12H,7-8H2,1-2H3,(H,27,28);2-4H2,1H3. The molecule has 186 valence electrons. The van der Waals surface area contributed by atoms with Crippen LogP contribution in [-0.4, -0.2) is 49.4 Å². The molecule has 1 aliphatic carbocycles. The summed E-state index contributed by atoms with van der Waals surface area (Å²) >= 11 is 0. The number of methoxy groups -OCH3 is 1. The monoisotopic (exact) mass is 487 g/mol. The summed E-state index contributed by atoms with van der Waals surface area (Å²) in [5, 5.41) is 3.69. The van der Waals surface area contributed by atoms with Crippen molar-refractivity contribution >= 4 is 16.8 Å². The average Bonchev–Trinajstić information content (AvgIpc) is 3.57. The number of hydrogen-bond acceptors (Lipinski definition) is 5. The number of rotatable bonds is 5. The van der Waals surface area contributed by atoms with Gasteiger partial charge >= 0.3 is 6.36 Å². The summed E-state index contributed by atoms with van der Waals surface area (Å²) in [5.41, 5.74) is 1.36. The van der Waals surface area contributed by atoms with Gasteiger partial charge in [0.15, 0.2) is 0 Å². The van der Waals surface area contributed by atoms with Crippen LogP contribution in [0.2, 0.25) is 0 Å². The molecule has 2 heterocycles. The molecule has 1 aliphatic heterocycles. The van der Waals surface area contributed by atoms with Gasteiger partial charge in [0.2, 0.25) is 0 Å². The maximum absolute atomic E-state index is 13.0. The van der Waals surface area contributed by atoms with Gasteiger partial charge in [0.05, 0.1) is 18.2 Å². The lowest BCUT2D eigenvalue weighted by Gasteiger charge is -2.24. The maximum Gasteiger partial charge on any atom is 0.573 e. The van der Waals surface area contributed by atoms with Crippen molar-refractivity contribution < 1.29 is 27.4 Å². The van der Waals surface area contributed by atoms with E-state index in [9.17, 15) is 18.0 Å². The number of pyridine rings is 1. The number of carbonyl (C=O) groups excluding carboxylic acids is 1. The second-order valence-electron chi connectivity index (χ2n) is 8.96. The molecule has 9 heteroatoms. The second-order valence-corrected chi connectivity index (χ2v) is 8.96. The van der Waals surface area contributed by atoms with E-state index in [1.807, 2.05) is 6.92 Å². The van der Waals surface area contributed by atoms with Gasteiger partial charge in [0.1, 0.15) is 11.5 Å². The zero-order chi connectivity index (χ0) is 25.2.